The number of nitrogens with one attached hydrogen (secondary N) is 1. The number of urea groups is 1. The zero-order chi connectivity index (χ0) is 18.4. The van der Waals surface area contributed by atoms with E-state index in [-0.39, 0.29) is 24.4 Å². The lowest BCUT2D eigenvalue weighted by atomic mass is 10.2. The molecule has 1 aromatic rings. The molecule has 4 amide bonds. The van der Waals surface area contributed by atoms with Crippen molar-refractivity contribution in [2.24, 2.45) is 0 Å². The molecule has 0 spiro atoms. The summed E-state index contributed by atoms with van der Waals surface area (Å²) in [5.41, 5.74) is 0.404. The molecule has 0 radical (unpaired) electrons. The Bertz CT molecular complexity index is 640. The number of hydrogen-bond donors (Lipinski definition) is 1. The van der Waals surface area contributed by atoms with Gasteiger partial charge in [0.05, 0.1) is 19.8 Å². The fraction of sp³-hybridized carbons (Fsp3) is 0.529. The van der Waals surface area contributed by atoms with E-state index in [1.807, 2.05) is 0 Å². The van der Waals surface area contributed by atoms with Crippen molar-refractivity contribution < 1.29 is 19.1 Å². The third kappa shape index (κ3) is 4.48. The largest absolute Gasteiger partial charge is 0.378 e. The standard InChI is InChI=1S/C17H23N5O4/c23-15(20-9-11-26-12-10-20)13-19-17(25)22-7-5-21(6-8-22)16(24)14-3-1-2-4-18-14/h1-4H,5-13H2,(H,19,25). The average molecular weight is 361 g/mol. The van der Waals surface area contributed by atoms with Gasteiger partial charge in [-0.25, -0.2) is 4.79 Å². The number of pyridine rings is 1. The van der Waals surface area contributed by atoms with Crippen molar-refractivity contribution >= 4 is 17.8 Å². The predicted molar refractivity (Wildman–Crippen MR) is 92.5 cm³/mol. The predicted octanol–water partition coefficient (Wildman–Crippen LogP) is -0.592. The molecular weight excluding hydrogens is 338 g/mol. The molecule has 26 heavy (non-hydrogen) atoms. The highest BCUT2D eigenvalue weighted by Crippen LogP contribution is 2.07. The molecule has 140 valence electrons. The van der Waals surface area contributed by atoms with E-state index in [9.17, 15) is 14.4 Å². The van der Waals surface area contributed by atoms with Crippen LogP contribution in [0.15, 0.2) is 24.4 Å². The maximum absolute atomic E-state index is 12.4. The summed E-state index contributed by atoms with van der Waals surface area (Å²) in [6.45, 7) is 3.91. The van der Waals surface area contributed by atoms with Gasteiger partial charge in [-0.05, 0) is 12.1 Å². The summed E-state index contributed by atoms with van der Waals surface area (Å²) < 4.78 is 5.21. The van der Waals surface area contributed by atoms with Gasteiger partial charge < -0.3 is 24.8 Å². The number of rotatable bonds is 3. The molecule has 0 atom stereocenters. The van der Waals surface area contributed by atoms with Crippen molar-refractivity contribution in [3.63, 3.8) is 0 Å². The molecule has 3 heterocycles. The van der Waals surface area contributed by atoms with Gasteiger partial charge in [-0.3, -0.25) is 14.6 Å². The minimum atomic E-state index is -0.281. The van der Waals surface area contributed by atoms with E-state index in [1.165, 1.54) is 0 Å². The molecule has 2 saturated heterocycles. The Morgan fingerprint density at radius 3 is 2.31 bits per heavy atom. The van der Waals surface area contributed by atoms with Crippen LogP contribution < -0.4 is 5.32 Å². The molecule has 2 fully saturated rings. The van der Waals surface area contributed by atoms with Crippen molar-refractivity contribution in [3.05, 3.63) is 30.1 Å². The first-order chi connectivity index (χ1) is 12.6. The molecule has 0 aromatic carbocycles. The fourth-order valence-electron chi connectivity index (χ4n) is 2.95. The molecule has 3 rings (SSSR count). The number of piperazine rings is 1. The van der Waals surface area contributed by atoms with Gasteiger partial charge >= 0.3 is 6.03 Å². The van der Waals surface area contributed by atoms with Gasteiger partial charge in [-0.2, -0.15) is 0 Å². The Kier molecular flexibility index (Phi) is 6.00. The quantitative estimate of drug-likeness (QED) is 0.776. The molecule has 2 aliphatic rings. The molecular formula is C17H23N5O4. The fourth-order valence-corrected chi connectivity index (χ4v) is 2.95. The maximum Gasteiger partial charge on any atom is 0.317 e. The normalized spacial score (nSPS) is 17.8. The van der Waals surface area contributed by atoms with Crippen LogP contribution in [0.3, 0.4) is 0 Å². The van der Waals surface area contributed by atoms with Gasteiger partial charge in [0.1, 0.15) is 5.69 Å². The number of amides is 4. The van der Waals surface area contributed by atoms with Crippen molar-refractivity contribution in [1.29, 1.82) is 0 Å². The third-order valence-electron chi connectivity index (χ3n) is 4.49. The van der Waals surface area contributed by atoms with E-state index in [0.29, 0.717) is 58.2 Å². The lowest BCUT2D eigenvalue weighted by Gasteiger charge is -2.34. The highest BCUT2D eigenvalue weighted by Gasteiger charge is 2.26. The van der Waals surface area contributed by atoms with Crippen molar-refractivity contribution in [2.45, 2.75) is 0 Å². The minimum Gasteiger partial charge on any atom is -0.378 e. The van der Waals surface area contributed by atoms with E-state index < -0.39 is 0 Å². The molecule has 0 saturated carbocycles. The highest BCUT2D eigenvalue weighted by atomic mass is 16.5. The summed E-state index contributed by atoms with van der Waals surface area (Å²) in [5.74, 6) is -0.237. The van der Waals surface area contributed by atoms with Gasteiger partial charge in [-0.15, -0.1) is 0 Å². The summed E-state index contributed by atoms with van der Waals surface area (Å²) in [6, 6.07) is 4.93. The van der Waals surface area contributed by atoms with Crippen LogP contribution in [0.4, 0.5) is 4.79 Å². The Morgan fingerprint density at radius 1 is 0.962 bits per heavy atom. The lowest BCUT2D eigenvalue weighted by molar-refractivity contribution is -0.134. The average Bonchev–Trinajstić information content (AvgIpc) is 2.72. The van der Waals surface area contributed by atoms with Crippen LogP contribution in [0.25, 0.3) is 0 Å². The first-order valence-corrected chi connectivity index (χ1v) is 8.74. The Hall–Kier alpha value is -2.68. The molecule has 0 bridgehead atoms. The van der Waals surface area contributed by atoms with Crippen LogP contribution in [-0.4, -0.2) is 96.6 Å². The molecule has 2 aliphatic heterocycles. The highest BCUT2D eigenvalue weighted by molar-refractivity contribution is 5.92. The van der Waals surface area contributed by atoms with E-state index >= 15 is 0 Å². The van der Waals surface area contributed by atoms with E-state index in [2.05, 4.69) is 10.3 Å². The summed E-state index contributed by atoms with van der Waals surface area (Å²) >= 11 is 0. The Morgan fingerprint density at radius 2 is 1.65 bits per heavy atom. The number of nitrogens with zero attached hydrogens (tertiary/aromatic N) is 4. The van der Waals surface area contributed by atoms with Crippen LogP contribution in [0.1, 0.15) is 10.5 Å². The minimum absolute atomic E-state index is 0.0219. The first kappa shape index (κ1) is 18.1. The second-order valence-electron chi connectivity index (χ2n) is 6.15. The van der Waals surface area contributed by atoms with Crippen LogP contribution >= 0.6 is 0 Å². The first-order valence-electron chi connectivity index (χ1n) is 8.74. The Balaban J connectivity index is 1.42. The molecule has 9 heteroatoms. The smallest absolute Gasteiger partial charge is 0.317 e. The van der Waals surface area contributed by atoms with Gasteiger partial charge in [0.25, 0.3) is 5.91 Å². The SMILES string of the molecule is O=C(CNC(=O)N1CCN(C(=O)c2ccccn2)CC1)N1CCOCC1. The molecule has 0 unspecified atom stereocenters. The zero-order valence-corrected chi connectivity index (χ0v) is 14.6. The number of carbonyl (C=O) groups is 3. The second-order valence-corrected chi connectivity index (χ2v) is 6.15. The molecule has 9 nitrogen and oxygen atoms in total. The maximum atomic E-state index is 12.4. The van der Waals surface area contributed by atoms with E-state index in [0.717, 1.165) is 0 Å². The summed E-state index contributed by atoms with van der Waals surface area (Å²) in [7, 11) is 0. The Labute approximate surface area is 151 Å². The second kappa shape index (κ2) is 8.61. The van der Waals surface area contributed by atoms with Gasteiger partial charge in [0.15, 0.2) is 0 Å². The summed E-state index contributed by atoms with van der Waals surface area (Å²) in [5, 5.41) is 2.66. The van der Waals surface area contributed by atoms with Gasteiger partial charge in [-0.1, -0.05) is 6.07 Å². The third-order valence-corrected chi connectivity index (χ3v) is 4.49. The van der Waals surface area contributed by atoms with Crippen LogP contribution in [0.5, 0.6) is 0 Å². The summed E-state index contributed by atoms with van der Waals surface area (Å²) in [6.07, 6.45) is 1.59. The van der Waals surface area contributed by atoms with Crippen LogP contribution in [0, 0.1) is 0 Å². The number of ether oxygens (including phenoxy) is 1. The zero-order valence-electron chi connectivity index (χ0n) is 14.6. The van der Waals surface area contributed by atoms with Gasteiger partial charge in [0.2, 0.25) is 5.91 Å². The monoisotopic (exact) mass is 361 g/mol. The lowest BCUT2D eigenvalue weighted by Crippen LogP contribution is -2.54. The van der Waals surface area contributed by atoms with E-state index in [1.54, 1.807) is 39.1 Å². The number of hydrogen-bond acceptors (Lipinski definition) is 5. The molecule has 1 N–H and O–H groups in total. The van der Waals surface area contributed by atoms with Crippen LogP contribution in [0.2, 0.25) is 0 Å². The van der Waals surface area contributed by atoms with Crippen molar-refractivity contribution in [3.8, 4) is 0 Å². The molecule has 1 aromatic heterocycles. The number of morpholine rings is 1. The number of aromatic nitrogens is 1. The van der Waals surface area contributed by atoms with Crippen molar-refractivity contribution in [1.82, 2.24) is 25.0 Å². The van der Waals surface area contributed by atoms with E-state index in [4.69, 9.17) is 4.74 Å². The van der Waals surface area contributed by atoms with Gasteiger partial charge in [0, 0.05) is 45.5 Å². The molecule has 0 aliphatic carbocycles. The van der Waals surface area contributed by atoms with Crippen LogP contribution in [-0.2, 0) is 9.53 Å². The number of carbonyl (C=O) groups excluding carboxylic acids is 3. The summed E-state index contributed by atoms with van der Waals surface area (Å²) in [4.78, 5) is 45.7. The van der Waals surface area contributed by atoms with Crippen molar-refractivity contribution in [2.75, 3.05) is 59.0 Å². The topological polar surface area (TPSA) is 95.1 Å².